The standard InChI is InChI=1S/C12H14F2N2S/c13-10-8(12(15)17)5-6-9(11(10)14)16-7-3-1-2-4-7/h5-7,16H,1-4H2,(H2,15,17). The third-order valence-corrected chi connectivity index (χ3v) is 3.28. The maximum Gasteiger partial charge on any atom is 0.182 e. The van der Waals surface area contributed by atoms with Gasteiger partial charge in [-0.25, -0.2) is 8.78 Å². The van der Waals surface area contributed by atoms with Gasteiger partial charge in [0.2, 0.25) is 0 Å². The molecule has 17 heavy (non-hydrogen) atoms. The van der Waals surface area contributed by atoms with Crippen LogP contribution in [0.3, 0.4) is 0 Å². The first-order chi connectivity index (χ1) is 8.09. The first-order valence-corrected chi connectivity index (χ1v) is 6.04. The summed E-state index contributed by atoms with van der Waals surface area (Å²) in [6.07, 6.45) is 4.26. The fourth-order valence-corrected chi connectivity index (χ4v) is 2.30. The van der Waals surface area contributed by atoms with Crippen molar-refractivity contribution in [1.29, 1.82) is 0 Å². The zero-order chi connectivity index (χ0) is 12.4. The Kier molecular flexibility index (Phi) is 3.57. The van der Waals surface area contributed by atoms with Crippen molar-refractivity contribution in [2.24, 2.45) is 5.73 Å². The van der Waals surface area contributed by atoms with E-state index in [-0.39, 0.29) is 22.3 Å². The Morgan fingerprint density at radius 2 is 1.88 bits per heavy atom. The number of anilines is 1. The lowest BCUT2D eigenvalue weighted by molar-refractivity contribution is 0.508. The van der Waals surface area contributed by atoms with E-state index >= 15 is 0 Å². The lowest BCUT2D eigenvalue weighted by atomic mass is 10.1. The Labute approximate surface area is 104 Å². The van der Waals surface area contributed by atoms with Gasteiger partial charge < -0.3 is 11.1 Å². The second-order valence-electron chi connectivity index (χ2n) is 4.28. The molecule has 3 N–H and O–H groups in total. The van der Waals surface area contributed by atoms with Gasteiger partial charge in [-0.2, -0.15) is 0 Å². The highest BCUT2D eigenvalue weighted by Crippen LogP contribution is 2.26. The molecule has 0 radical (unpaired) electrons. The Bertz CT molecular complexity index is 442. The molecular weight excluding hydrogens is 242 g/mol. The topological polar surface area (TPSA) is 38.0 Å². The van der Waals surface area contributed by atoms with Gasteiger partial charge in [0.1, 0.15) is 4.99 Å². The van der Waals surface area contributed by atoms with Gasteiger partial charge in [-0.05, 0) is 25.0 Å². The van der Waals surface area contributed by atoms with Gasteiger partial charge in [0.15, 0.2) is 11.6 Å². The molecular formula is C12H14F2N2S. The molecule has 0 bridgehead atoms. The summed E-state index contributed by atoms with van der Waals surface area (Å²) in [5.74, 6) is -1.87. The van der Waals surface area contributed by atoms with Crippen LogP contribution in [-0.4, -0.2) is 11.0 Å². The van der Waals surface area contributed by atoms with E-state index in [4.69, 9.17) is 5.73 Å². The molecule has 0 spiro atoms. The Balaban J connectivity index is 2.23. The van der Waals surface area contributed by atoms with Gasteiger partial charge in [-0.15, -0.1) is 0 Å². The SMILES string of the molecule is NC(=S)c1ccc(NC2CCCC2)c(F)c1F. The van der Waals surface area contributed by atoms with Gasteiger partial charge in [0.05, 0.1) is 5.69 Å². The molecule has 1 aromatic rings. The normalized spacial score (nSPS) is 16.1. The van der Waals surface area contributed by atoms with Gasteiger partial charge in [0.25, 0.3) is 0 Å². The Morgan fingerprint density at radius 1 is 1.24 bits per heavy atom. The van der Waals surface area contributed by atoms with E-state index in [1.54, 1.807) is 0 Å². The van der Waals surface area contributed by atoms with Crippen LogP contribution in [0.25, 0.3) is 0 Å². The highest BCUT2D eigenvalue weighted by atomic mass is 32.1. The van der Waals surface area contributed by atoms with Crippen LogP contribution in [0.4, 0.5) is 14.5 Å². The lowest BCUT2D eigenvalue weighted by Gasteiger charge is -2.15. The third kappa shape index (κ3) is 2.54. The van der Waals surface area contributed by atoms with Gasteiger partial charge >= 0.3 is 0 Å². The lowest BCUT2D eigenvalue weighted by Crippen LogP contribution is -2.18. The summed E-state index contributed by atoms with van der Waals surface area (Å²) in [6.45, 7) is 0. The molecule has 1 saturated carbocycles. The molecule has 1 aliphatic carbocycles. The van der Waals surface area contributed by atoms with Crippen LogP contribution in [0.5, 0.6) is 0 Å². The van der Waals surface area contributed by atoms with Crippen LogP contribution < -0.4 is 11.1 Å². The predicted molar refractivity (Wildman–Crippen MR) is 68.1 cm³/mol. The van der Waals surface area contributed by atoms with Crippen LogP contribution in [0.2, 0.25) is 0 Å². The number of hydrogen-bond acceptors (Lipinski definition) is 2. The zero-order valence-electron chi connectivity index (χ0n) is 9.30. The summed E-state index contributed by atoms with van der Waals surface area (Å²) in [5, 5.41) is 3.02. The minimum atomic E-state index is -0.972. The van der Waals surface area contributed by atoms with Crippen molar-refractivity contribution in [1.82, 2.24) is 0 Å². The quantitative estimate of drug-likeness (QED) is 0.817. The number of thiocarbonyl (C=S) groups is 1. The minimum absolute atomic E-state index is 0.0468. The Morgan fingerprint density at radius 3 is 2.47 bits per heavy atom. The highest BCUT2D eigenvalue weighted by Gasteiger charge is 2.19. The molecule has 1 fully saturated rings. The summed E-state index contributed by atoms with van der Waals surface area (Å²) in [7, 11) is 0. The fourth-order valence-electron chi connectivity index (χ4n) is 2.14. The number of hydrogen-bond donors (Lipinski definition) is 2. The van der Waals surface area contributed by atoms with E-state index < -0.39 is 11.6 Å². The van der Waals surface area contributed by atoms with Crippen molar-refractivity contribution in [2.75, 3.05) is 5.32 Å². The molecule has 92 valence electrons. The number of nitrogens with two attached hydrogens (primary N) is 1. The first-order valence-electron chi connectivity index (χ1n) is 5.64. The number of nitrogens with one attached hydrogen (secondary N) is 1. The van der Waals surface area contributed by atoms with Crippen LogP contribution >= 0.6 is 12.2 Å². The number of rotatable bonds is 3. The van der Waals surface area contributed by atoms with Gasteiger partial charge in [-0.3, -0.25) is 0 Å². The molecule has 2 nitrogen and oxygen atoms in total. The third-order valence-electron chi connectivity index (χ3n) is 3.06. The molecule has 5 heteroatoms. The summed E-state index contributed by atoms with van der Waals surface area (Å²) in [4.78, 5) is -0.131. The van der Waals surface area contributed by atoms with Gasteiger partial charge in [-0.1, -0.05) is 25.1 Å². The maximum absolute atomic E-state index is 13.7. The summed E-state index contributed by atoms with van der Waals surface area (Å²) in [5.41, 5.74) is 5.44. The largest absolute Gasteiger partial charge is 0.389 e. The molecule has 1 aliphatic rings. The molecule has 0 aliphatic heterocycles. The monoisotopic (exact) mass is 256 g/mol. The molecule has 0 atom stereocenters. The molecule has 2 rings (SSSR count). The van der Waals surface area contributed by atoms with E-state index in [0.29, 0.717) is 0 Å². The zero-order valence-corrected chi connectivity index (χ0v) is 10.1. The van der Waals surface area contributed by atoms with Crippen molar-refractivity contribution in [3.05, 3.63) is 29.3 Å². The Hall–Kier alpha value is -1.23. The van der Waals surface area contributed by atoms with Crippen LogP contribution in [-0.2, 0) is 0 Å². The summed E-state index contributed by atoms with van der Waals surface area (Å²) < 4.78 is 27.3. The molecule has 0 aromatic heterocycles. The van der Waals surface area contributed by atoms with Gasteiger partial charge in [0, 0.05) is 11.6 Å². The molecule has 1 aromatic carbocycles. The fraction of sp³-hybridized carbons (Fsp3) is 0.417. The smallest absolute Gasteiger partial charge is 0.182 e. The van der Waals surface area contributed by atoms with Crippen molar-refractivity contribution in [2.45, 2.75) is 31.7 Å². The molecule has 0 saturated heterocycles. The van der Waals surface area contributed by atoms with Crippen molar-refractivity contribution in [3.8, 4) is 0 Å². The number of halogens is 2. The number of benzene rings is 1. The molecule has 0 unspecified atom stereocenters. The van der Waals surface area contributed by atoms with E-state index in [1.807, 2.05) is 0 Å². The second kappa shape index (κ2) is 4.96. The van der Waals surface area contributed by atoms with Crippen molar-refractivity contribution < 1.29 is 8.78 Å². The van der Waals surface area contributed by atoms with Crippen molar-refractivity contribution >= 4 is 22.9 Å². The van der Waals surface area contributed by atoms with Crippen LogP contribution in [0.1, 0.15) is 31.2 Å². The van der Waals surface area contributed by atoms with E-state index in [0.717, 1.165) is 25.7 Å². The first kappa shape index (κ1) is 12.2. The second-order valence-corrected chi connectivity index (χ2v) is 4.72. The predicted octanol–water partition coefficient (Wildman–Crippen LogP) is 2.95. The van der Waals surface area contributed by atoms with E-state index in [9.17, 15) is 8.78 Å². The van der Waals surface area contributed by atoms with Crippen LogP contribution in [0, 0.1) is 11.6 Å². The average Bonchev–Trinajstić information content (AvgIpc) is 2.77. The van der Waals surface area contributed by atoms with Crippen molar-refractivity contribution in [3.63, 3.8) is 0 Å². The summed E-state index contributed by atoms with van der Waals surface area (Å²) in [6, 6.07) is 3.14. The van der Waals surface area contributed by atoms with Crippen LogP contribution in [0.15, 0.2) is 12.1 Å². The highest BCUT2D eigenvalue weighted by molar-refractivity contribution is 7.80. The minimum Gasteiger partial charge on any atom is -0.389 e. The van der Waals surface area contributed by atoms with E-state index in [2.05, 4.69) is 17.5 Å². The van der Waals surface area contributed by atoms with E-state index in [1.165, 1.54) is 12.1 Å². The summed E-state index contributed by atoms with van der Waals surface area (Å²) >= 11 is 4.65. The molecule has 0 heterocycles. The average molecular weight is 256 g/mol. The molecule has 0 amide bonds. The maximum atomic E-state index is 13.7.